The van der Waals surface area contributed by atoms with Gasteiger partial charge in [0.05, 0.1) is 16.5 Å². The van der Waals surface area contributed by atoms with Gasteiger partial charge in [-0.25, -0.2) is 0 Å². The highest BCUT2D eigenvalue weighted by molar-refractivity contribution is 6.97. The fraction of sp³-hybridized carbons (Fsp3) is 1.00. The van der Waals surface area contributed by atoms with Gasteiger partial charge in [0.1, 0.15) is 0 Å². The van der Waals surface area contributed by atoms with E-state index in [0.29, 0.717) is 0 Å². The zero-order valence-corrected chi connectivity index (χ0v) is 35.4. The van der Waals surface area contributed by atoms with E-state index in [1.165, 1.54) is 0 Å². The van der Waals surface area contributed by atoms with Crippen LogP contribution in [0.25, 0.3) is 0 Å². The van der Waals surface area contributed by atoms with Crippen LogP contribution < -0.4 is 0 Å². The van der Waals surface area contributed by atoms with Crippen LogP contribution in [0.3, 0.4) is 0 Å². The van der Waals surface area contributed by atoms with Crippen molar-refractivity contribution >= 4 is 103 Å². The summed E-state index contributed by atoms with van der Waals surface area (Å²) in [4.78, 5) is 0. The molecule has 0 aliphatic carbocycles. The summed E-state index contributed by atoms with van der Waals surface area (Å²) in [5.74, 6) is 0. The molecule has 18 heteroatoms. The predicted octanol–water partition coefficient (Wildman–Crippen LogP) is 7.43. The summed E-state index contributed by atoms with van der Waals surface area (Å²) in [5.41, 5.74) is 0.0956. The van der Waals surface area contributed by atoms with Crippen LogP contribution in [-0.4, -0.2) is 84.5 Å². The molecule has 0 heterocycles. The van der Waals surface area contributed by atoms with E-state index in [0.717, 1.165) is 0 Å². The number of hydrogen-bond acceptors (Lipinski definition) is 7. The van der Waals surface area contributed by atoms with Gasteiger partial charge in [-0.1, -0.05) is 0 Å². The molecule has 7 nitrogen and oxygen atoms in total. The van der Waals surface area contributed by atoms with Gasteiger partial charge >= 0.3 is 26.4 Å². The van der Waals surface area contributed by atoms with Gasteiger partial charge in [-0.15, -0.1) is 34.8 Å². The molecule has 0 aromatic rings. The van der Waals surface area contributed by atoms with Crippen molar-refractivity contribution in [1.29, 1.82) is 0 Å². The largest absolute Gasteiger partial charge is 0.491 e. The Labute approximate surface area is 244 Å². The molecule has 0 unspecified atom stereocenters. The molecule has 218 valence electrons. The first kappa shape index (κ1) is 38.3. The molecule has 36 heavy (non-hydrogen) atoms. The second-order valence-electron chi connectivity index (χ2n) is 13.7. The van der Waals surface area contributed by atoms with Crippen molar-refractivity contribution in [3.05, 3.63) is 0 Å². The lowest BCUT2D eigenvalue weighted by molar-refractivity contribution is 0.148. The molecular formula is C18H51Cl3O7Si8. The van der Waals surface area contributed by atoms with Gasteiger partial charge in [-0.2, -0.15) is 0 Å². The van der Waals surface area contributed by atoms with E-state index in [9.17, 15) is 0 Å². The van der Waals surface area contributed by atoms with Crippen LogP contribution in [0.5, 0.6) is 0 Å². The molecule has 0 rings (SSSR count). The van der Waals surface area contributed by atoms with Gasteiger partial charge in [-0.3, -0.25) is 0 Å². The standard InChI is InChI=1S/C18H51Cl3O7Si8/c1-29(2,3)22-34(16-19,23-30(4,5)6)27-36(18-21,26-33(13,14)15)28-35(17-20,24-31(7,8)9)25-32(10,11)12/h16-18H2,1-15H3. The molecule has 0 radical (unpaired) electrons. The Balaban J connectivity index is 7.04. The molecule has 0 fully saturated rings. The lowest BCUT2D eigenvalue weighted by Gasteiger charge is -2.48. The fourth-order valence-electron chi connectivity index (χ4n) is 3.24. The lowest BCUT2D eigenvalue weighted by atomic mass is 11.8. The van der Waals surface area contributed by atoms with Gasteiger partial charge in [-0.05, 0) is 98.2 Å². The Morgan fingerprint density at radius 2 is 0.444 bits per heavy atom. The second kappa shape index (κ2) is 13.5. The highest BCUT2D eigenvalue weighted by atomic mass is 35.5. The van der Waals surface area contributed by atoms with E-state index in [2.05, 4.69) is 98.2 Å². The normalized spacial score (nSPS) is 15.5. The Kier molecular flexibility index (Phi) is 14.4. The smallest absolute Gasteiger partial charge is 0.416 e. The summed E-state index contributed by atoms with van der Waals surface area (Å²) in [6.07, 6.45) is 0. The molecule has 0 aliphatic heterocycles. The van der Waals surface area contributed by atoms with Crippen molar-refractivity contribution < 1.29 is 28.8 Å². The first-order valence-electron chi connectivity index (χ1n) is 12.2. The van der Waals surface area contributed by atoms with E-state index in [1.54, 1.807) is 0 Å². The Bertz CT molecular complexity index is 611. The Morgan fingerprint density at radius 1 is 0.306 bits per heavy atom. The third-order valence-corrected chi connectivity index (χ3v) is 30.8. The summed E-state index contributed by atoms with van der Waals surface area (Å²) in [7, 11) is -21.7. The van der Waals surface area contributed by atoms with Crippen molar-refractivity contribution in [1.82, 2.24) is 0 Å². The first-order valence-corrected chi connectivity index (χ1v) is 36.7. The first-order chi connectivity index (χ1) is 15.6. The summed E-state index contributed by atoms with van der Waals surface area (Å²) in [5, 5.41) is 0. The number of halogens is 3. The molecule has 0 N–H and O–H groups in total. The number of hydrogen-bond donors (Lipinski definition) is 0. The molecule has 0 amide bonds. The highest BCUT2D eigenvalue weighted by Gasteiger charge is 2.62. The zero-order valence-electron chi connectivity index (χ0n) is 25.1. The van der Waals surface area contributed by atoms with Crippen LogP contribution in [0.15, 0.2) is 0 Å². The Hall–Kier alpha value is 2.33. The molecule has 0 aliphatic rings. The molecule has 0 saturated heterocycles. The zero-order chi connectivity index (χ0) is 29.1. The molecular weight excluding hydrogens is 659 g/mol. The maximum Gasteiger partial charge on any atom is 0.491 e. The third-order valence-electron chi connectivity index (χ3n) is 3.42. The van der Waals surface area contributed by atoms with Crippen molar-refractivity contribution in [3.8, 4) is 0 Å². The van der Waals surface area contributed by atoms with Crippen molar-refractivity contribution in [3.63, 3.8) is 0 Å². The molecule has 0 atom stereocenters. The summed E-state index contributed by atoms with van der Waals surface area (Å²) in [6.45, 7) is 31.2. The second-order valence-corrected chi connectivity index (χ2v) is 47.9. The molecule has 0 aromatic carbocycles. The van der Waals surface area contributed by atoms with Gasteiger partial charge in [0.25, 0.3) is 0 Å². The molecule has 0 saturated carbocycles. The number of rotatable bonds is 17. The van der Waals surface area contributed by atoms with Crippen LogP contribution >= 0.6 is 34.8 Å². The van der Waals surface area contributed by atoms with Crippen LogP contribution in [0.2, 0.25) is 98.2 Å². The van der Waals surface area contributed by atoms with E-state index in [1.807, 2.05) is 0 Å². The van der Waals surface area contributed by atoms with E-state index in [-0.39, 0.29) is 16.5 Å². The average molecular weight is 711 g/mol. The van der Waals surface area contributed by atoms with E-state index >= 15 is 0 Å². The molecule has 0 aromatic heterocycles. The van der Waals surface area contributed by atoms with Crippen LogP contribution in [-0.2, 0) is 28.8 Å². The third kappa shape index (κ3) is 15.9. The van der Waals surface area contributed by atoms with Gasteiger partial charge in [0.2, 0.25) is 0 Å². The van der Waals surface area contributed by atoms with Crippen LogP contribution in [0.4, 0.5) is 0 Å². The van der Waals surface area contributed by atoms with Crippen LogP contribution in [0.1, 0.15) is 0 Å². The minimum absolute atomic E-state index is 0.0250. The topological polar surface area (TPSA) is 64.6 Å². The van der Waals surface area contributed by atoms with E-state index in [4.69, 9.17) is 63.6 Å². The van der Waals surface area contributed by atoms with Crippen molar-refractivity contribution in [2.24, 2.45) is 0 Å². The Morgan fingerprint density at radius 3 is 0.556 bits per heavy atom. The van der Waals surface area contributed by atoms with Gasteiger partial charge < -0.3 is 28.8 Å². The van der Waals surface area contributed by atoms with Crippen LogP contribution in [0, 0.1) is 0 Å². The van der Waals surface area contributed by atoms with Gasteiger partial charge in [0, 0.05) is 0 Å². The summed E-state index contributed by atoms with van der Waals surface area (Å²) < 4.78 is 47.2. The summed E-state index contributed by atoms with van der Waals surface area (Å²) in [6, 6.07) is 0. The van der Waals surface area contributed by atoms with Gasteiger partial charge in [0.15, 0.2) is 41.6 Å². The highest BCUT2D eigenvalue weighted by Crippen LogP contribution is 2.34. The quantitative estimate of drug-likeness (QED) is 0.115. The van der Waals surface area contributed by atoms with Crippen molar-refractivity contribution in [2.45, 2.75) is 98.2 Å². The van der Waals surface area contributed by atoms with Crippen molar-refractivity contribution in [2.75, 3.05) is 16.5 Å². The number of alkyl halides is 3. The molecule has 0 spiro atoms. The predicted molar refractivity (Wildman–Crippen MR) is 174 cm³/mol. The minimum Gasteiger partial charge on any atom is -0.416 e. The molecule has 0 bridgehead atoms. The maximum absolute atomic E-state index is 6.91. The summed E-state index contributed by atoms with van der Waals surface area (Å²) >= 11 is 20.0. The maximum atomic E-state index is 6.91. The SMILES string of the molecule is C[Si](C)(C)O[Si](CCl)(O[Si](C)(C)C)O[Si](CCl)(O[Si](C)(C)C)O[Si](CCl)(O[Si](C)(C)C)O[Si](C)(C)C. The van der Waals surface area contributed by atoms with E-state index < -0.39 is 68.0 Å². The average Bonchev–Trinajstić information content (AvgIpc) is 2.53. The monoisotopic (exact) mass is 708 g/mol. The lowest BCUT2D eigenvalue weighted by Crippen LogP contribution is -2.72. The fourth-order valence-corrected chi connectivity index (χ4v) is 36.9. The minimum atomic E-state index is -3.75.